The highest BCUT2D eigenvalue weighted by molar-refractivity contribution is 5.91. The van der Waals surface area contributed by atoms with Crippen LogP contribution in [0.1, 0.15) is 10.4 Å². The van der Waals surface area contributed by atoms with Crippen LogP contribution in [0.25, 0.3) is 0 Å². The SMILES string of the molecule is COc1ccc(C=O)cc1OCC(=O)Nc1cc(F)cc(F)c1. The van der Waals surface area contributed by atoms with Crippen LogP contribution >= 0.6 is 0 Å². The van der Waals surface area contributed by atoms with Crippen molar-refractivity contribution < 1.29 is 27.8 Å². The largest absolute Gasteiger partial charge is 0.493 e. The molecule has 0 spiro atoms. The van der Waals surface area contributed by atoms with Gasteiger partial charge in [0.1, 0.15) is 17.9 Å². The molecule has 0 unspecified atom stereocenters. The third-order valence-electron chi connectivity index (χ3n) is 2.83. The van der Waals surface area contributed by atoms with Gasteiger partial charge in [0.25, 0.3) is 5.91 Å². The van der Waals surface area contributed by atoms with Gasteiger partial charge in [0, 0.05) is 17.3 Å². The second-order valence-electron chi connectivity index (χ2n) is 4.52. The fourth-order valence-corrected chi connectivity index (χ4v) is 1.85. The molecule has 1 N–H and O–H groups in total. The number of amides is 1. The van der Waals surface area contributed by atoms with Gasteiger partial charge in [-0.3, -0.25) is 9.59 Å². The van der Waals surface area contributed by atoms with Gasteiger partial charge in [-0.1, -0.05) is 0 Å². The Bertz CT molecular complexity index is 714. The summed E-state index contributed by atoms with van der Waals surface area (Å²) >= 11 is 0. The van der Waals surface area contributed by atoms with Crippen LogP contribution in [0.4, 0.5) is 14.5 Å². The van der Waals surface area contributed by atoms with E-state index in [9.17, 15) is 18.4 Å². The lowest BCUT2D eigenvalue weighted by molar-refractivity contribution is -0.118. The van der Waals surface area contributed by atoms with E-state index in [1.807, 2.05) is 0 Å². The van der Waals surface area contributed by atoms with E-state index in [1.54, 1.807) is 0 Å². The number of hydrogen-bond donors (Lipinski definition) is 1. The molecule has 0 atom stereocenters. The van der Waals surface area contributed by atoms with Crippen molar-refractivity contribution in [2.24, 2.45) is 0 Å². The third-order valence-corrected chi connectivity index (χ3v) is 2.83. The number of aldehydes is 1. The van der Waals surface area contributed by atoms with E-state index in [0.717, 1.165) is 12.1 Å². The standard InChI is InChI=1S/C16H13F2NO4/c1-22-14-3-2-10(8-20)4-15(14)23-9-16(21)19-13-6-11(17)5-12(18)7-13/h2-8H,9H2,1H3,(H,19,21). The smallest absolute Gasteiger partial charge is 0.262 e. The summed E-state index contributed by atoms with van der Waals surface area (Å²) in [5, 5.41) is 2.31. The Morgan fingerprint density at radius 3 is 2.43 bits per heavy atom. The molecule has 7 heteroatoms. The first-order valence-electron chi connectivity index (χ1n) is 6.54. The van der Waals surface area contributed by atoms with Crippen molar-refractivity contribution in [2.45, 2.75) is 0 Å². The van der Waals surface area contributed by atoms with Crippen LogP contribution in [0.5, 0.6) is 11.5 Å². The van der Waals surface area contributed by atoms with Crippen LogP contribution in [0.3, 0.4) is 0 Å². The fourth-order valence-electron chi connectivity index (χ4n) is 1.85. The van der Waals surface area contributed by atoms with Gasteiger partial charge in [0.15, 0.2) is 18.1 Å². The molecular weight excluding hydrogens is 308 g/mol. The van der Waals surface area contributed by atoms with Crippen molar-refractivity contribution in [3.8, 4) is 11.5 Å². The zero-order valence-corrected chi connectivity index (χ0v) is 12.1. The quantitative estimate of drug-likeness (QED) is 0.831. The molecule has 0 aromatic heterocycles. The number of nitrogens with one attached hydrogen (secondary N) is 1. The topological polar surface area (TPSA) is 64.6 Å². The number of hydrogen-bond acceptors (Lipinski definition) is 4. The summed E-state index contributed by atoms with van der Waals surface area (Å²) in [6.45, 7) is -0.420. The van der Waals surface area contributed by atoms with Crippen molar-refractivity contribution in [2.75, 3.05) is 19.0 Å². The molecule has 5 nitrogen and oxygen atoms in total. The maximum atomic E-state index is 13.0. The summed E-state index contributed by atoms with van der Waals surface area (Å²) in [5.74, 6) is -1.67. The van der Waals surface area contributed by atoms with Gasteiger partial charge in [-0.25, -0.2) is 8.78 Å². The molecule has 0 aliphatic carbocycles. The number of anilines is 1. The summed E-state index contributed by atoms with van der Waals surface area (Å²) < 4.78 is 36.4. The minimum Gasteiger partial charge on any atom is -0.493 e. The first kappa shape index (κ1) is 16.4. The molecule has 0 fully saturated rings. The molecule has 0 aliphatic heterocycles. The Morgan fingerprint density at radius 1 is 1.13 bits per heavy atom. The number of carbonyl (C=O) groups is 2. The first-order valence-corrected chi connectivity index (χ1v) is 6.54. The highest BCUT2D eigenvalue weighted by atomic mass is 19.1. The lowest BCUT2D eigenvalue weighted by Gasteiger charge is -2.11. The predicted molar refractivity (Wildman–Crippen MR) is 78.9 cm³/mol. The molecule has 2 rings (SSSR count). The van der Waals surface area contributed by atoms with Gasteiger partial charge in [-0.05, 0) is 30.3 Å². The average molecular weight is 321 g/mol. The predicted octanol–water partition coefficient (Wildman–Crippen LogP) is 2.80. The zero-order chi connectivity index (χ0) is 16.8. The van der Waals surface area contributed by atoms with E-state index in [-0.39, 0.29) is 11.4 Å². The van der Waals surface area contributed by atoms with Gasteiger partial charge in [-0.2, -0.15) is 0 Å². The molecule has 0 bridgehead atoms. The van der Waals surface area contributed by atoms with Crippen LogP contribution in [0.15, 0.2) is 36.4 Å². The van der Waals surface area contributed by atoms with Gasteiger partial charge < -0.3 is 14.8 Å². The maximum Gasteiger partial charge on any atom is 0.262 e. The molecule has 2 aromatic rings. The molecule has 1 amide bonds. The molecule has 120 valence electrons. The first-order chi connectivity index (χ1) is 11.0. The summed E-state index contributed by atoms with van der Waals surface area (Å²) in [6.07, 6.45) is 0.627. The molecule has 0 heterocycles. The highest BCUT2D eigenvalue weighted by Gasteiger charge is 2.10. The monoisotopic (exact) mass is 321 g/mol. The second kappa shape index (κ2) is 7.35. The van der Waals surface area contributed by atoms with E-state index >= 15 is 0 Å². The number of rotatable bonds is 6. The van der Waals surface area contributed by atoms with Crippen LogP contribution in [-0.4, -0.2) is 25.9 Å². The number of halogens is 2. The Morgan fingerprint density at radius 2 is 1.83 bits per heavy atom. The number of ether oxygens (including phenoxy) is 2. The number of carbonyl (C=O) groups excluding carboxylic acids is 2. The highest BCUT2D eigenvalue weighted by Crippen LogP contribution is 2.27. The van der Waals surface area contributed by atoms with E-state index in [2.05, 4.69) is 5.32 Å². The average Bonchev–Trinajstić information content (AvgIpc) is 2.51. The van der Waals surface area contributed by atoms with Crippen LogP contribution in [-0.2, 0) is 4.79 Å². The van der Waals surface area contributed by atoms with E-state index in [0.29, 0.717) is 23.7 Å². The maximum absolute atomic E-state index is 13.0. The van der Waals surface area contributed by atoms with Crippen molar-refractivity contribution in [1.82, 2.24) is 0 Å². The fraction of sp³-hybridized carbons (Fsp3) is 0.125. The summed E-state index contributed by atoms with van der Waals surface area (Å²) in [4.78, 5) is 22.5. The molecule has 0 saturated heterocycles. The summed E-state index contributed by atoms with van der Waals surface area (Å²) in [6, 6.07) is 7.14. The van der Waals surface area contributed by atoms with Crippen molar-refractivity contribution in [1.29, 1.82) is 0 Å². The molecule has 0 radical (unpaired) electrons. The van der Waals surface area contributed by atoms with Crippen LogP contribution in [0.2, 0.25) is 0 Å². The second-order valence-corrected chi connectivity index (χ2v) is 4.52. The summed E-state index contributed by atoms with van der Waals surface area (Å²) in [7, 11) is 1.42. The van der Waals surface area contributed by atoms with Crippen molar-refractivity contribution >= 4 is 17.9 Å². The van der Waals surface area contributed by atoms with E-state index < -0.39 is 24.1 Å². The van der Waals surface area contributed by atoms with E-state index in [1.165, 1.54) is 25.3 Å². The van der Waals surface area contributed by atoms with Gasteiger partial charge in [0.2, 0.25) is 0 Å². The Labute approximate surface area is 130 Å². The van der Waals surface area contributed by atoms with Gasteiger partial charge in [0.05, 0.1) is 7.11 Å². The number of methoxy groups -OCH3 is 1. The Balaban J connectivity index is 2.02. The number of benzene rings is 2. The molecule has 0 saturated carbocycles. The molecule has 2 aromatic carbocycles. The third kappa shape index (κ3) is 4.50. The van der Waals surface area contributed by atoms with E-state index in [4.69, 9.17) is 9.47 Å². The minimum absolute atomic E-state index is 0.0234. The Kier molecular flexibility index (Phi) is 5.24. The lowest BCUT2D eigenvalue weighted by atomic mass is 10.2. The molecule has 0 aliphatic rings. The molecule has 23 heavy (non-hydrogen) atoms. The van der Waals surface area contributed by atoms with Crippen molar-refractivity contribution in [3.05, 3.63) is 53.6 Å². The normalized spacial score (nSPS) is 10.0. The molecular formula is C16H13F2NO4. The van der Waals surface area contributed by atoms with Gasteiger partial charge >= 0.3 is 0 Å². The minimum atomic E-state index is -0.804. The van der Waals surface area contributed by atoms with Gasteiger partial charge in [-0.15, -0.1) is 0 Å². The summed E-state index contributed by atoms with van der Waals surface area (Å²) in [5.41, 5.74) is 0.332. The van der Waals surface area contributed by atoms with Crippen LogP contribution < -0.4 is 14.8 Å². The zero-order valence-electron chi connectivity index (χ0n) is 12.1. The lowest BCUT2D eigenvalue weighted by Crippen LogP contribution is -2.20. The van der Waals surface area contributed by atoms with Crippen LogP contribution in [0, 0.1) is 11.6 Å². The Hall–Kier alpha value is -2.96. The van der Waals surface area contributed by atoms with Crippen molar-refractivity contribution in [3.63, 3.8) is 0 Å².